The molecule has 4 rings (SSSR count). The second-order valence-corrected chi connectivity index (χ2v) is 7.94. The molecule has 0 radical (unpaired) electrons. The number of benzene rings is 1. The van der Waals surface area contributed by atoms with Crippen molar-refractivity contribution in [2.75, 3.05) is 33.9 Å². The van der Waals surface area contributed by atoms with Gasteiger partial charge in [-0.05, 0) is 69.0 Å². The Morgan fingerprint density at radius 3 is 2.86 bits per heavy atom. The molecule has 29 heavy (non-hydrogen) atoms. The van der Waals surface area contributed by atoms with Crippen LogP contribution in [0.15, 0.2) is 24.3 Å². The van der Waals surface area contributed by atoms with Crippen LogP contribution in [0.3, 0.4) is 0 Å². The zero-order chi connectivity index (χ0) is 20.2. The quantitative estimate of drug-likeness (QED) is 0.782. The standard InChI is InChI=1S/C22H30N4O3/c1-28-16-8-9-21(29-2)17(12-16)18-13-19(25-24-18)22(27)23-14-15-6-5-11-26-10-4-3-7-20(15)26/h8-9,12-13,15,20H,3-7,10-11,14H2,1-2H3,(H,23,27)(H,24,25)/t15-,20-/m0/s1. The number of piperidine rings is 2. The number of fused-ring (bicyclic) bond motifs is 1. The fourth-order valence-corrected chi connectivity index (χ4v) is 4.72. The summed E-state index contributed by atoms with van der Waals surface area (Å²) in [5.41, 5.74) is 1.90. The van der Waals surface area contributed by atoms with E-state index in [1.807, 2.05) is 18.2 Å². The Hall–Kier alpha value is -2.54. The normalized spacial score (nSPS) is 22.0. The average molecular weight is 399 g/mol. The number of nitrogens with one attached hydrogen (secondary N) is 2. The van der Waals surface area contributed by atoms with Crippen molar-refractivity contribution in [3.63, 3.8) is 0 Å². The van der Waals surface area contributed by atoms with Crippen LogP contribution in [0.4, 0.5) is 0 Å². The number of amides is 1. The van der Waals surface area contributed by atoms with E-state index in [-0.39, 0.29) is 5.91 Å². The van der Waals surface area contributed by atoms with Crippen molar-refractivity contribution in [3.8, 4) is 22.8 Å². The number of carbonyl (C=O) groups is 1. The molecule has 3 heterocycles. The van der Waals surface area contributed by atoms with Crippen molar-refractivity contribution < 1.29 is 14.3 Å². The number of hydrogen-bond acceptors (Lipinski definition) is 5. The summed E-state index contributed by atoms with van der Waals surface area (Å²) in [5.74, 6) is 1.82. The van der Waals surface area contributed by atoms with E-state index in [4.69, 9.17) is 9.47 Å². The topological polar surface area (TPSA) is 79.5 Å². The molecule has 2 aromatic rings. The van der Waals surface area contributed by atoms with Crippen molar-refractivity contribution in [2.24, 2.45) is 5.92 Å². The molecule has 1 amide bonds. The van der Waals surface area contributed by atoms with Gasteiger partial charge in [0.1, 0.15) is 17.2 Å². The molecule has 7 nitrogen and oxygen atoms in total. The van der Waals surface area contributed by atoms with Gasteiger partial charge in [0.25, 0.3) is 5.91 Å². The van der Waals surface area contributed by atoms with Gasteiger partial charge in [0.15, 0.2) is 0 Å². The first kappa shape index (κ1) is 19.8. The Kier molecular flexibility index (Phi) is 6.04. The third-order valence-electron chi connectivity index (χ3n) is 6.26. The summed E-state index contributed by atoms with van der Waals surface area (Å²) in [4.78, 5) is 15.3. The summed E-state index contributed by atoms with van der Waals surface area (Å²) < 4.78 is 10.7. The van der Waals surface area contributed by atoms with Gasteiger partial charge in [0.2, 0.25) is 0 Å². The minimum absolute atomic E-state index is 0.112. The molecule has 1 aromatic heterocycles. The van der Waals surface area contributed by atoms with Crippen LogP contribution in [-0.4, -0.2) is 60.9 Å². The Morgan fingerprint density at radius 1 is 1.17 bits per heavy atom. The molecule has 7 heteroatoms. The number of H-pyrrole nitrogens is 1. The molecule has 0 bridgehead atoms. The summed E-state index contributed by atoms with van der Waals surface area (Å²) >= 11 is 0. The maximum Gasteiger partial charge on any atom is 0.269 e. The molecular formula is C22H30N4O3. The number of rotatable bonds is 6. The van der Waals surface area contributed by atoms with Crippen LogP contribution in [0.2, 0.25) is 0 Å². The fourth-order valence-electron chi connectivity index (χ4n) is 4.72. The summed E-state index contributed by atoms with van der Waals surface area (Å²) in [5, 5.41) is 10.3. The second kappa shape index (κ2) is 8.86. The number of nitrogens with zero attached hydrogens (tertiary/aromatic N) is 2. The number of aromatic amines is 1. The Morgan fingerprint density at radius 2 is 2.03 bits per heavy atom. The van der Waals surface area contributed by atoms with Crippen molar-refractivity contribution in [1.82, 2.24) is 20.4 Å². The molecule has 0 aliphatic carbocycles. The first-order valence-corrected chi connectivity index (χ1v) is 10.5. The lowest BCUT2D eigenvalue weighted by Crippen LogP contribution is -2.51. The third kappa shape index (κ3) is 4.24. The third-order valence-corrected chi connectivity index (χ3v) is 6.26. The van der Waals surface area contributed by atoms with Gasteiger partial charge in [-0.25, -0.2) is 0 Å². The summed E-state index contributed by atoms with van der Waals surface area (Å²) in [6.07, 6.45) is 6.28. The van der Waals surface area contributed by atoms with E-state index in [9.17, 15) is 4.79 Å². The first-order valence-electron chi connectivity index (χ1n) is 10.5. The van der Waals surface area contributed by atoms with Crippen molar-refractivity contribution in [3.05, 3.63) is 30.0 Å². The van der Waals surface area contributed by atoms with E-state index in [0.717, 1.165) is 12.1 Å². The number of hydrogen-bond donors (Lipinski definition) is 2. The number of ether oxygens (including phenoxy) is 2. The molecule has 0 saturated carbocycles. The summed E-state index contributed by atoms with van der Waals surface area (Å²) in [6.45, 7) is 3.14. The minimum Gasteiger partial charge on any atom is -0.497 e. The summed E-state index contributed by atoms with van der Waals surface area (Å²) in [6, 6.07) is 7.91. The van der Waals surface area contributed by atoms with Gasteiger partial charge < -0.3 is 19.7 Å². The smallest absolute Gasteiger partial charge is 0.269 e. The van der Waals surface area contributed by atoms with E-state index in [2.05, 4.69) is 20.4 Å². The highest BCUT2D eigenvalue weighted by Crippen LogP contribution is 2.33. The zero-order valence-electron chi connectivity index (χ0n) is 17.2. The predicted molar refractivity (Wildman–Crippen MR) is 111 cm³/mol. The largest absolute Gasteiger partial charge is 0.497 e. The number of aromatic nitrogens is 2. The molecule has 0 spiro atoms. The van der Waals surface area contributed by atoms with Crippen LogP contribution in [0.1, 0.15) is 42.6 Å². The average Bonchev–Trinajstić information content (AvgIpc) is 3.27. The van der Waals surface area contributed by atoms with Crippen LogP contribution < -0.4 is 14.8 Å². The first-order chi connectivity index (χ1) is 14.2. The van der Waals surface area contributed by atoms with Crippen LogP contribution in [0, 0.1) is 5.92 Å². The lowest BCUT2D eigenvalue weighted by Gasteiger charge is -2.44. The Bertz CT molecular complexity index is 848. The van der Waals surface area contributed by atoms with Gasteiger partial charge in [-0.3, -0.25) is 9.89 Å². The van der Waals surface area contributed by atoms with Gasteiger partial charge >= 0.3 is 0 Å². The van der Waals surface area contributed by atoms with Crippen LogP contribution in [-0.2, 0) is 0 Å². The Balaban J connectivity index is 1.42. The molecule has 2 saturated heterocycles. The molecular weight excluding hydrogens is 368 g/mol. The number of carbonyl (C=O) groups excluding carboxylic acids is 1. The maximum absolute atomic E-state index is 12.7. The van der Waals surface area contributed by atoms with Gasteiger partial charge in [0.05, 0.1) is 19.9 Å². The van der Waals surface area contributed by atoms with Gasteiger partial charge in [-0.15, -0.1) is 0 Å². The van der Waals surface area contributed by atoms with Gasteiger partial charge in [0, 0.05) is 18.2 Å². The van der Waals surface area contributed by atoms with Crippen molar-refractivity contribution in [1.29, 1.82) is 0 Å². The van der Waals surface area contributed by atoms with E-state index in [1.54, 1.807) is 20.3 Å². The van der Waals surface area contributed by atoms with E-state index < -0.39 is 0 Å². The Labute approximate surface area is 171 Å². The second-order valence-electron chi connectivity index (χ2n) is 7.94. The SMILES string of the molecule is COc1ccc(OC)c(-c2cc(C(=O)NC[C@@H]3CCCN4CCCC[C@@H]34)[nH]n2)c1. The molecule has 2 atom stereocenters. The van der Waals surface area contributed by atoms with Gasteiger partial charge in [-0.2, -0.15) is 5.10 Å². The predicted octanol–water partition coefficient (Wildman–Crippen LogP) is 3.09. The van der Waals surface area contributed by atoms with Crippen LogP contribution >= 0.6 is 0 Å². The van der Waals surface area contributed by atoms with Crippen LogP contribution in [0.25, 0.3) is 11.3 Å². The zero-order valence-corrected chi connectivity index (χ0v) is 17.2. The van der Waals surface area contributed by atoms with E-state index >= 15 is 0 Å². The van der Waals surface area contributed by atoms with Crippen molar-refractivity contribution >= 4 is 5.91 Å². The van der Waals surface area contributed by atoms with E-state index in [1.165, 1.54) is 45.2 Å². The number of methoxy groups -OCH3 is 2. The molecule has 2 aliphatic rings. The highest BCUT2D eigenvalue weighted by Gasteiger charge is 2.33. The molecule has 1 aromatic carbocycles. The molecule has 2 N–H and O–H groups in total. The highest BCUT2D eigenvalue weighted by atomic mass is 16.5. The van der Waals surface area contributed by atoms with E-state index in [0.29, 0.717) is 34.8 Å². The minimum atomic E-state index is -0.112. The lowest BCUT2D eigenvalue weighted by molar-refractivity contribution is 0.0575. The van der Waals surface area contributed by atoms with Crippen LogP contribution in [0.5, 0.6) is 11.5 Å². The highest BCUT2D eigenvalue weighted by molar-refractivity contribution is 5.93. The monoisotopic (exact) mass is 398 g/mol. The molecule has 156 valence electrons. The molecule has 0 unspecified atom stereocenters. The van der Waals surface area contributed by atoms with Gasteiger partial charge in [-0.1, -0.05) is 6.42 Å². The lowest BCUT2D eigenvalue weighted by atomic mass is 9.83. The molecule has 2 fully saturated rings. The fraction of sp³-hybridized carbons (Fsp3) is 0.545. The maximum atomic E-state index is 12.7. The van der Waals surface area contributed by atoms with Crippen molar-refractivity contribution in [2.45, 2.75) is 38.1 Å². The summed E-state index contributed by atoms with van der Waals surface area (Å²) in [7, 11) is 3.23. The molecule has 2 aliphatic heterocycles.